The fourth-order valence-corrected chi connectivity index (χ4v) is 2.70. The Hall–Kier alpha value is -1.07. The predicted molar refractivity (Wildman–Crippen MR) is 77.8 cm³/mol. The molecular formula is C12H11Br2N3. The molecule has 0 radical (unpaired) electrons. The predicted octanol–water partition coefficient (Wildman–Crippen LogP) is 4.12. The number of hydrogen-bond acceptors (Lipinski definition) is 2. The van der Waals surface area contributed by atoms with Gasteiger partial charge in [0, 0.05) is 33.5 Å². The number of anilines is 1. The SMILES string of the molecule is C=Cn1cc(CNc2c(Br)cccc2Br)cn1. The summed E-state index contributed by atoms with van der Waals surface area (Å²) < 4.78 is 3.75. The Balaban J connectivity index is 2.09. The van der Waals surface area contributed by atoms with E-state index < -0.39 is 0 Å². The highest BCUT2D eigenvalue weighted by molar-refractivity contribution is 9.11. The molecule has 1 aromatic heterocycles. The van der Waals surface area contributed by atoms with Crippen LogP contribution in [-0.4, -0.2) is 9.78 Å². The highest BCUT2D eigenvalue weighted by Gasteiger charge is 2.04. The average molecular weight is 357 g/mol. The summed E-state index contributed by atoms with van der Waals surface area (Å²) >= 11 is 7.02. The van der Waals surface area contributed by atoms with Crippen molar-refractivity contribution in [1.29, 1.82) is 0 Å². The third kappa shape index (κ3) is 2.98. The van der Waals surface area contributed by atoms with Crippen molar-refractivity contribution < 1.29 is 0 Å². The molecule has 17 heavy (non-hydrogen) atoms. The molecule has 0 unspecified atom stereocenters. The first-order chi connectivity index (χ1) is 8.20. The van der Waals surface area contributed by atoms with E-state index >= 15 is 0 Å². The van der Waals surface area contributed by atoms with Gasteiger partial charge in [-0.3, -0.25) is 0 Å². The van der Waals surface area contributed by atoms with Gasteiger partial charge in [-0.05, 0) is 44.0 Å². The summed E-state index contributed by atoms with van der Waals surface area (Å²) in [5.41, 5.74) is 2.14. The van der Waals surface area contributed by atoms with Crippen LogP contribution in [-0.2, 0) is 6.54 Å². The lowest BCUT2D eigenvalue weighted by molar-refractivity contribution is 0.936. The molecule has 0 spiro atoms. The minimum atomic E-state index is 0.717. The van der Waals surface area contributed by atoms with Gasteiger partial charge in [-0.1, -0.05) is 12.6 Å². The molecule has 88 valence electrons. The number of halogens is 2. The van der Waals surface area contributed by atoms with E-state index in [2.05, 4.69) is 48.9 Å². The summed E-state index contributed by atoms with van der Waals surface area (Å²) in [4.78, 5) is 0. The topological polar surface area (TPSA) is 29.9 Å². The first-order valence-corrected chi connectivity index (χ1v) is 6.63. The molecule has 2 rings (SSSR count). The van der Waals surface area contributed by atoms with Gasteiger partial charge >= 0.3 is 0 Å². The van der Waals surface area contributed by atoms with E-state index in [-0.39, 0.29) is 0 Å². The van der Waals surface area contributed by atoms with Gasteiger partial charge in [-0.15, -0.1) is 0 Å². The van der Waals surface area contributed by atoms with Crippen molar-refractivity contribution in [2.45, 2.75) is 6.54 Å². The molecule has 1 aromatic carbocycles. The lowest BCUT2D eigenvalue weighted by Crippen LogP contribution is -1.99. The summed E-state index contributed by atoms with van der Waals surface area (Å²) in [6.07, 6.45) is 5.42. The first kappa shape index (κ1) is 12.4. The monoisotopic (exact) mass is 355 g/mol. The number of nitrogens with zero attached hydrogens (tertiary/aromatic N) is 2. The molecule has 1 N–H and O–H groups in total. The highest BCUT2D eigenvalue weighted by Crippen LogP contribution is 2.30. The maximum Gasteiger partial charge on any atom is 0.0631 e. The van der Waals surface area contributed by atoms with Crippen molar-refractivity contribution in [3.63, 3.8) is 0 Å². The minimum absolute atomic E-state index is 0.717. The van der Waals surface area contributed by atoms with E-state index in [1.165, 1.54) is 0 Å². The molecular weight excluding hydrogens is 346 g/mol. The molecule has 5 heteroatoms. The molecule has 0 aliphatic rings. The van der Waals surface area contributed by atoms with Crippen LogP contribution in [0, 0.1) is 0 Å². The molecule has 0 fully saturated rings. The Labute approximate surface area is 117 Å². The summed E-state index contributed by atoms with van der Waals surface area (Å²) in [5, 5.41) is 7.48. The smallest absolute Gasteiger partial charge is 0.0631 e. The fraction of sp³-hybridized carbons (Fsp3) is 0.0833. The molecule has 0 bridgehead atoms. The molecule has 1 heterocycles. The van der Waals surface area contributed by atoms with Crippen molar-refractivity contribution in [3.05, 3.63) is 51.7 Å². The summed E-state index contributed by atoms with van der Waals surface area (Å²) in [5.74, 6) is 0. The second-order valence-corrected chi connectivity index (χ2v) is 5.17. The number of para-hydroxylation sites is 1. The second kappa shape index (κ2) is 5.51. The van der Waals surface area contributed by atoms with E-state index in [0.29, 0.717) is 0 Å². The van der Waals surface area contributed by atoms with E-state index in [1.807, 2.05) is 30.6 Å². The van der Waals surface area contributed by atoms with Gasteiger partial charge < -0.3 is 5.32 Å². The van der Waals surface area contributed by atoms with Crippen LogP contribution in [0.25, 0.3) is 6.20 Å². The van der Waals surface area contributed by atoms with Crippen LogP contribution < -0.4 is 5.32 Å². The van der Waals surface area contributed by atoms with E-state index in [0.717, 1.165) is 26.7 Å². The van der Waals surface area contributed by atoms with Crippen LogP contribution in [0.15, 0.2) is 46.1 Å². The molecule has 0 saturated heterocycles. The quantitative estimate of drug-likeness (QED) is 0.892. The van der Waals surface area contributed by atoms with Crippen molar-refractivity contribution >= 4 is 43.7 Å². The van der Waals surface area contributed by atoms with Crippen LogP contribution in [0.2, 0.25) is 0 Å². The van der Waals surface area contributed by atoms with E-state index in [4.69, 9.17) is 0 Å². The summed E-state index contributed by atoms with van der Waals surface area (Å²) in [6, 6.07) is 5.98. The highest BCUT2D eigenvalue weighted by atomic mass is 79.9. The molecule has 3 nitrogen and oxygen atoms in total. The Morgan fingerprint density at radius 1 is 1.35 bits per heavy atom. The third-order valence-electron chi connectivity index (χ3n) is 2.27. The Bertz CT molecular complexity index is 514. The normalized spacial score (nSPS) is 10.2. The Morgan fingerprint density at radius 3 is 2.65 bits per heavy atom. The molecule has 0 amide bonds. The van der Waals surface area contributed by atoms with E-state index in [9.17, 15) is 0 Å². The lowest BCUT2D eigenvalue weighted by Gasteiger charge is -2.09. The molecule has 0 saturated carbocycles. The molecule has 0 atom stereocenters. The zero-order valence-electron chi connectivity index (χ0n) is 9.03. The van der Waals surface area contributed by atoms with Gasteiger partial charge in [0.25, 0.3) is 0 Å². The lowest BCUT2D eigenvalue weighted by atomic mass is 10.3. The van der Waals surface area contributed by atoms with Gasteiger partial charge in [0.05, 0.1) is 11.9 Å². The zero-order chi connectivity index (χ0) is 12.3. The summed E-state index contributed by atoms with van der Waals surface area (Å²) in [7, 11) is 0. The van der Waals surface area contributed by atoms with Crippen LogP contribution in [0.4, 0.5) is 5.69 Å². The maximum absolute atomic E-state index is 4.13. The fourth-order valence-electron chi connectivity index (χ4n) is 1.43. The van der Waals surface area contributed by atoms with Crippen LogP contribution in [0.3, 0.4) is 0 Å². The number of aromatic nitrogens is 2. The first-order valence-electron chi connectivity index (χ1n) is 5.04. The van der Waals surface area contributed by atoms with E-state index in [1.54, 1.807) is 10.9 Å². The van der Waals surface area contributed by atoms with Crippen molar-refractivity contribution in [2.24, 2.45) is 0 Å². The minimum Gasteiger partial charge on any atom is -0.379 e. The van der Waals surface area contributed by atoms with Crippen LogP contribution in [0.5, 0.6) is 0 Å². The number of nitrogens with one attached hydrogen (secondary N) is 1. The van der Waals surface area contributed by atoms with Gasteiger partial charge in [0.15, 0.2) is 0 Å². The molecule has 2 aromatic rings. The standard InChI is InChI=1S/C12H11Br2N3/c1-2-17-8-9(7-16-17)6-15-12-10(13)4-3-5-11(12)14/h2-5,7-8,15H,1,6H2. The van der Waals surface area contributed by atoms with Gasteiger partial charge in [0.2, 0.25) is 0 Å². The average Bonchev–Trinajstić information content (AvgIpc) is 2.76. The van der Waals surface area contributed by atoms with Crippen molar-refractivity contribution in [2.75, 3.05) is 5.32 Å². The van der Waals surface area contributed by atoms with Crippen LogP contribution in [0.1, 0.15) is 5.56 Å². The number of hydrogen-bond donors (Lipinski definition) is 1. The Kier molecular flexibility index (Phi) is 4.02. The molecule has 0 aliphatic heterocycles. The second-order valence-electron chi connectivity index (χ2n) is 3.46. The number of benzene rings is 1. The maximum atomic E-state index is 4.13. The molecule has 0 aliphatic carbocycles. The number of rotatable bonds is 4. The van der Waals surface area contributed by atoms with Gasteiger partial charge in [-0.2, -0.15) is 5.10 Å². The van der Waals surface area contributed by atoms with Crippen molar-refractivity contribution in [1.82, 2.24) is 9.78 Å². The zero-order valence-corrected chi connectivity index (χ0v) is 12.2. The van der Waals surface area contributed by atoms with Gasteiger partial charge in [-0.25, -0.2) is 4.68 Å². The summed E-state index contributed by atoms with van der Waals surface area (Å²) in [6.45, 7) is 4.37. The van der Waals surface area contributed by atoms with Crippen molar-refractivity contribution in [3.8, 4) is 0 Å². The van der Waals surface area contributed by atoms with Gasteiger partial charge in [0.1, 0.15) is 0 Å². The van der Waals surface area contributed by atoms with Crippen LogP contribution >= 0.6 is 31.9 Å². The Morgan fingerprint density at radius 2 is 2.06 bits per heavy atom. The largest absolute Gasteiger partial charge is 0.379 e. The third-order valence-corrected chi connectivity index (χ3v) is 3.60.